The molecule has 110 valence electrons. The van der Waals surface area contributed by atoms with Crippen molar-refractivity contribution in [2.24, 2.45) is 11.8 Å². The topological polar surface area (TPSA) is 37.4 Å². The van der Waals surface area contributed by atoms with Crippen LogP contribution in [0.4, 0.5) is 0 Å². The highest BCUT2D eigenvalue weighted by molar-refractivity contribution is 8.03. The van der Waals surface area contributed by atoms with Gasteiger partial charge in [-0.2, -0.15) is 0 Å². The molecule has 1 heterocycles. The van der Waals surface area contributed by atoms with Gasteiger partial charge in [-0.3, -0.25) is 9.59 Å². The Bertz CT molecular complexity index is 346. The molecule has 0 saturated carbocycles. The molecular weight excluding hydrogens is 329 g/mol. The Morgan fingerprint density at radius 2 is 2.00 bits per heavy atom. The monoisotopic (exact) mass is 345 g/mol. The molecular formula is C12H18Cl3NO2S. The third-order valence-electron chi connectivity index (χ3n) is 3.36. The van der Waals surface area contributed by atoms with E-state index in [0.717, 1.165) is 30.0 Å². The molecule has 0 aromatic rings. The number of rotatable bonds is 6. The van der Waals surface area contributed by atoms with Gasteiger partial charge in [0.2, 0.25) is 11.8 Å². The largest absolute Gasteiger partial charge is 0.273 e. The lowest BCUT2D eigenvalue weighted by atomic mass is 9.85. The van der Waals surface area contributed by atoms with Gasteiger partial charge in [0, 0.05) is 18.4 Å². The van der Waals surface area contributed by atoms with Crippen molar-refractivity contribution < 1.29 is 9.59 Å². The molecule has 1 rings (SSSR count). The zero-order chi connectivity index (χ0) is 14.6. The normalized spacial score (nSPS) is 22.2. The van der Waals surface area contributed by atoms with Gasteiger partial charge in [0.1, 0.15) is 0 Å². The molecule has 0 spiro atoms. The molecule has 0 aromatic heterocycles. The van der Waals surface area contributed by atoms with E-state index < -0.39 is 3.12 Å². The molecule has 0 radical (unpaired) electrons. The molecule has 0 aliphatic carbocycles. The minimum Gasteiger partial charge on any atom is -0.273 e. The highest BCUT2D eigenvalue weighted by Gasteiger charge is 2.45. The van der Waals surface area contributed by atoms with E-state index in [9.17, 15) is 9.59 Å². The highest BCUT2D eigenvalue weighted by Crippen LogP contribution is 2.45. The van der Waals surface area contributed by atoms with Crippen molar-refractivity contribution in [1.29, 1.82) is 0 Å². The first-order valence-corrected chi connectivity index (χ1v) is 8.33. The second-order valence-corrected chi connectivity index (χ2v) is 8.80. The van der Waals surface area contributed by atoms with Gasteiger partial charge >= 0.3 is 0 Å². The zero-order valence-corrected chi connectivity index (χ0v) is 14.1. The lowest BCUT2D eigenvalue weighted by Crippen LogP contribution is -2.29. The quantitative estimate of drug-likeness (QED) is 0.402. The van der Waals surface area contributed by atoms with Gasteiger partial charge in [0.25, 0.3) is 3.12 Å². The first-order valence-electron chi connectivity index (χ1n) is 6.42. The van der Waals surface area contributed by atoms with E-state index >= 15 is 0 Å². The summed E-state index contributed by atoms with van der Waals surface area (Å²) in [6, 6.07) is 0. The molecule has 7 heteroatoms. The van der Waals surface area contributed by atoms with Crippen LogP contribution in [0.15, 0.2) is 0 Å². The van der Waals surface area contributed by atoms with E-state index in [0.29, 0.717) is 11.9 Å². The Labute approximate surface area is 133 Å². The minimum atomic E-state index is -1.69. The van der Waals surface area contributed by atoms with Gasteiger partial charge in [0.15, 0.2) is 0 Å². The summed E-state index contributed by atoms with van der Waals surface area (Å²) in [6.07, 6.45) is 4.22. The van der Waals surface area contributed by atoms with E-state index in [4.69, 9.17) is 34.8 Å². The van der Waals surface area contributed by atoms with Crippen molar-refractivity contribution in [3.05, 3.63) is 0 Å². The molecule has 0 N–H and O–H groups in total. The molecule has 1 aliphatic rings. The molecule has 0 aromatic carbocycles. The van der Waals surface area contributed by atoms with Crippen LogP contribution < -0.4 is 0 Å². The number of carbonyl (C=O) groups excluding carboxylic acids is 2. The number of carbonyl (C=O) groups is 2. The maximum absolute atomic E-state index is 12.3. The van der Waals surface area contributed by atoms with Crippen LogP contribution in [0.1, 0.15) is 46.0 Å². The maximum Gasteiger partial charge on any atom is 0.256 e. The van der Waals surface area contributed by atoms with Gasteiger partial charge in [-0.15, -0.1) is 0 Å². The third-order valence-corrected chi connectivity index (χ3v) is 4.75. The van der Waals surface area contributed by atoms with Crippen molar-refractivity contribution in [2.45, 2.75) is 49.1 Å². The Balaban J connectivity index is 2.73. The summed E-state index contributed by atoms with van der Waals surface area (Å²) in [7, 11) is 0. The fourth-order valence-electron chi connectivity index (χ4n) is 2.36. The summed E-state index contributed by atoms with van der Waals surface area (Å²) >= 11 is 17.6. The molecule has 3 nitrogen and oxygen atoms in total. The lowest BCUT2D eigenvalue weighted by molar-refractivity contribution is -0.133. The SMILES string of the molecule is CCCCC(CC)C1CC(=O)N(SC(Cl)(Cl)Cl)C1=O. The second kappa shape index (κ2) is 7.39. The average molecular weight is 347 g/mol. The highest BCUT2D eigenvalue weighted by atomic mass is 35.6. The van der Waals surface area contributed by atoms with Crippen LogP contribution in [-0.2, 0) is 9.59 Å². The van der Waals surface area contributed by atoms with Gasteiger partial charge in [0.05, 0.1) is 5.92 Å². The zero-order valence-electron chi connectivity index (χ0n) is 11.0. The molecule has 1 aliphatic heterocycles. The van der Waals surface area contributed by atoms with Crippen LogP contribution in [0.2, 0.25) is 0 Å². The van der Waals surface area contributed by atoms with Crippen LogP contribution in [0.25, 0.3) is 0 Å². The van der Waals surface area contributed by atoms with Crippen molar-refractivity contribution in [3.8, 4) is 0 Å². The number of hydrogen-bond acceptors (Lipinski definition) is 3. The van der Waals surface area contributed by atoms with E-state index in [-0.39, 0.29) is 30.1 Å². The Morgan fingerprint density at radius 1 is 1.37 bits per heavy atom. The van der Waals surface area contributed by atoms with E-state index in [2.05, 4.69) is 6.92 Å². The average Bonchev–Trinajstić information content (AvgIpc) is 2.57. The summed E-state index contributed by atoms with van der Waals surface area (Å²) in [4.78, 5) is 24.1. The first-order chi connectivity index (χ1) is 8.80. The molecule has 19 heavy (non-hydrogen) atoms. The van der Waals surface area contributed by atoms with Gasteiger partial charge in [-0.05, 0) is 12.3 Å². The fraction of sp³-hybridized carbons (Fsp3) is 0.833. The molecule has 1 fully saturated rings. The predicted molar refractivity (Wildman–Crippen MR) is 81.1 cm³/mol. The third kappa shape index (κ3) is 5.00. The maximum atomic E-state index is 12.3. The Hall–Kier alpha value is 0.360. The predicted octanol–water partition coefficient (Wildman–Crippen LogP) is 4.55. The Kier molecular flexibility index (Phi) is 6.77. The molecule has 2 amide bonds. The summed E-state index contributed by atoms with van der Waals surface area (Å²) in [5, 5.41) is 0. The van der Waals surface area contributed by atoms with Crippen LogP contribution in [-0.4, -0.2) is 19.2 Å². The van der Waals surface area contributed by atoms with E-state index in [1.807, 2.05) is 6.92 Å². The summed E-state index contributed by atoms with van der Waals surface area (Å²) in [6.45, 7) is 4.15. The first kappa shape index (κ1) is 17.4. The van der Waals surface area contributed by atoms with Gasteiger partial charge < -0.3 is 0 Å². The number of alkyl halides is 3. The summed E-state index contributed by atoms with van der Waals surface area (Å²) in [5.41, 5.74) is 0. The van der Waals surface area contributed by atoms with Crippen molar-refractivity contribution in [2.75, 3.05) is 0 Å². The van der Waals surface area contributed by atoms with Crippen LogP contribution in [0.5, 0.6) is 0 Å². The Morgan fingerprint density at radius 3 is 2.47 bits per heavy atom. The number of unbranched alkanes of at least 4 members (excludes halogenated alkanes) is 1. The van der Waals surface area contributed by atoms with Crippen molar-refractivity contribution in [1.82, 2.24) is 4.31 Å². The molecule has 1 saturated heterocycles. The smallest absolute Gasteiger partial charge is 0.256 e. The van der Waals surface area contributed by atoms with Crippen molar-refractivity contribution >= 4 is 58.6 Å². The fourth-order valence-corrected chi connectivity index (χ4v) is 3.59. The molecule has 2 unspecified atom stereocenters. The summed E-state index contributed by atoms with van der Waals surface area (Å²) < 4.78 is -0.669. The van der Waals surface area contributed by atoms with Crippen molar-refractivity contribution in [3.63, 3.8) is 0 Å². The van der Waals surface area contributed by atoms with E-state index in [1.165, 1.54) is 0 Å². The number of nitrogens with zero attached hydrogens (tertiary/aromatic N) is 1. The standard InChI is InChI=1S/C12H18Cl3NO2S/c1-3-5-6-8(4-2)9-7-10(17)16(11(9)18)19-12(13,14)15/h8-9H,3-7H2,1-2H3. The lowest BCUT2D eigenvalue weighted by Gasteiger charge is -2.21. The van der Waals surface area contributed by atoms with Crippen LogP contribution in [0.3, 0.4) is 0 Å². The number of halogens is 3. The van der Waals surface area contributed by atoms with Crippen LogP contribution >= 0.6 is 46.8 Å². The number of amides is 2. The van der Waals surface area contributed by atoms with E-state index in [1.54, 1.807) is 0 Å². The molecule has 0 bridgehead atoms. The van der Waals surface area contributed by atoms with Gasteiger partial charge in [-0.1, -0.05) is 67.9 Å². The minimum absolute atomic E-state index is 0.218. The second-order valence-electron chi connectivity index (χ2n) is 4.68. The molecule has 2 atom stereocenters. The summed E-state index contributed by atoms with van der Waals surface area (Å²) in [5.74, 6) is -0.508. The number of imide groups is 1. The number of hydrogen-bond donors (Lipinski definition) is 0. The van der Waals surface area contributed by atoms with Gasteiger partial charge in [-0.25, -0.2) is 4.31 Å². The van der Waals surface area contributed by atoms with Crippen LogP contribution in [0, 0.1) is 11.8 Å².